The summed E-state index contributed by atoms with van der Waals surface area (Å²) >= 11 is 0. The van der Waals surface area contributed by atoms with Gasteiger partial charge in [0.05, 0.1) is 33.4 Å². The summed E-state index contributed by atoms with van der Waals surface area (Å²) in [5, 5.41) is 16.8. The number of nitrogens with zero attached hydrogens (tertiary/aromatic N) is 6. The van der Waals surface area contributed by atoms with E-state index < -0.39 is 0 Å². The highest BCUT2D eigenvalue weighted by Gasteiger charge is 2.32. The Kier molecular flexibility index (Phi) is 10.8. The van der Waals surface area contributed by atoms with Gasteiger partial charge in [-0.2, -0.15) is 5.26 Å². The molecule has 0 spiro atoms. The van der Waals surface area contributed by atoms with Crippen LogP contribution in [0.15, 0.2) is 268 Å². The molecule has 0 atom stereocenters. The maximum Gasteiger partial charge on any atom is 0.104 e. The van der Waals surface area contributed by atoms with Crippen LogP contribution in [0.4, 0.5) is 0 Å². The van der Waals surface area contributed by atoms with Crippen LogP contribution in [0.2, 0.25) is 0 Å². The third kappa shape index (κ3) is 7.37. The first-order chi connectivity index (χ1) is 37.7. The zero-order chi connectivity index (χ0) is 50.5. The zero-order valence-corrected chi connectivity index (χ0v) is 41.1. The maximum absolute atomic E-state index is 12.5. The highest BCUT2D eigenvalue weighted by atomic mass is 15.0. The van der Waals surface area contributed by atoms with E-state index in [0.29, 0.717) is 5.56 Å². The summed E-state index contributed by atoms with van der Waals surface area (Å²) < 4.78 is 4.67. The Labute approximate surface area is 439 Å². The van der Waals surface area contributed by atoms with Crippen LogP contribution < -0.4 is 0 Å². The molecular formula is C70H44N6. The molecule has 0 fully saturated rings. The Morgan fingerprint density at radius 2 is 0.553 bits per heavy atom. The fourth-order valence-corrected chi connectivity index (χ4v) is 11.4. The summed E-state index contributed by atoms with van der Waals surface area (Å²) in [7, 11) is 0. The van der Waals surface area contributed by atoms with Gasteiger partial charge in [-0.15, -0.1) is 0 Å². The smallest absolute Gasteiger partial charge is 0.104 e. The number of rotatable bonds is 9. The van der Waals surface area contributed by atoms with Gasteiger partial charge in [-0.1, -0.05) is 164 Å². The van der Waals surface area contributed by atoms with E-state index in [-0.39, 0.29) is 0 Å². The summed E-state index contributed by atoms with van der Waals surface area (Å²) in [6.45, 7) is 0. The van der Waals surface area contributed by atoms with Gasteiger partial charge in [-0.25, -0.2) is 0 Å². The van der Waals surface area contributed by atoms with Gasteiger partial charge in [-0.05, 0) is 111 Å². The third-order valence-corrected chi connectivity index (χ3v) is 14.8. The maximum atomic E-state index is 12.5. The monoisotopic (exact) mass is 968 g/mol. The SMILES string of the molecule is N#Cc1c(-n2c3ccc(-c4ccccc4)cc3c3cc(-c4ccccc4)ccc32)c(-c2cccnc2)c(-c2cccnc2)c(-c2cccnc2)c1-n1c2ccc(-c3ccccc3)cc2c2cc(-c3ccccc3)ccc21. The second kappa shape index (κ2) is 18.5. The summed E-state index contributed by atoms with van der Waals surface area (Å²) in [6.07, 6.45) is 11.2. The molecule has 0 bridgehead atoms. The lowest BCUT2D eigenvalue weighted by Crippen LogP contribution is -2.11. The number of aromatic nitrogens is 5. The lowest BCUT2D eigenvalue weighted by atomic mass is 9.83. The molecule has 0 unspecified atom stereocenters. The van der Waals surface area contributed by atoms with Crippen LogP contribution in [0.5, 0.6) is 0 Å². The van der Waals surface area contributed by atoms with Crippen molar-refractivity contribution < 1.29 is 0 Å². The van der Waals surface area contributed by atoms with Gasteiger partial charge in [0.1, 0.15) is 11.6 Å². The van der Waals surface area contributed by atoms with Crippen LogP contribution in [-0.2, 0) is 0 Å². The van der Waals surface area contributed by atoms with Gasteiger partial charge in [0, 0.05) is 92.1 Å². The normalized spacial score (nSPS) is 11.4. The molecule has 0 aliphatic heterocycles. The predicted molar refractivity (Wildman–Crippen MR) is 311 cm³/mol. The topological polar surface area (TPSA) is 72.3 Å². The molecule has 0 amide bonds. The number of nitriles is 1. The van der Waals surface area contributed by atoms with E-state index >= 15 is 0 Å². The lowest BCUT2D eigenvalue weighted by molar-refractivity contribution is 1.12. The molecule has 0 saturated carbocycles. The largest absolute Gasteiger partial charge is 0.307 e. The Bertz CT molecular complexity index is 4070. The lowest BCUT2D eigenvalue weighted by Gasteiger charge is -2.27. The van der Waals surface area contributed by atoms with Crippen molar-refractivity contribution >= 4 is 43.6 Å². The third-order valence-electron chi connectivity index (χ3n) is 14.8. The molecule has 0 N–H and O–H groups in total. The molecule has 0 aliphatic carbocycles. The van der Waals surface area contributed by atoms with Gasteiger partial charge < -0.3 is 9.13 Å². The van der Waals surface area contributed by atoms with Gasteiger partial charge >= 0.3 is 0 Å². The average Bonchev–Trinajstić information content (AvgIpc) is 4.19. The molecule has 0 saturated heterocycles. The van der Waals surface area contributed by atoms with Crippen molar-refractivity contribution in [1.82, 2.24) is 24.1 Å². The molecule has 6 heteroatoms. The molecule has 5 heterocycles. The minimum atomic E-state index is 0.487. The molecule has 5 aromatic heterocycles. The van der Waals surface area contributed by atoms with Gasteiger partial charge in [0.25, 0.3) is 0 Å². The first-order valence-corrected chi connectivity index (χ1v) is 25.4. The summed E-state index contributed by atoms with van der Waals surface area (Å²) in [4.78, 5) is 14.4. The van der Waals surface area contributed by atoms with Crippen molar-refractivity contribution in [3.05, 3.63) is 273 Å². The molecule has 6 nitrogen and oxygen atoms in total. The first kappa shape index (κ1) is 44.2. The van der Waals surface area contributed by atoms with E-state index in [1.807, 2.05) is 43.0 Å². The van der Waals surface area contributed by atoms with Crippen molar-refractivity contribution in [3.8, 4) is 95.3 Å². The molecule has 14 rings (SSSR count). The molecule has 76 heavy (non-hydrogen) atoms. The molecule has 354 valence electrons. The molecular weight excluding hydrogens is 925 g/mol. The van der Waals surface area contributed by atoms with E-state index in [2.05, 4.69) is 228 Å². The Morgan fingerprint density at radius 3 is 0.816 bits per heavy atom. The second-order valence-corrected chi connectivity index (χ2v) is 19.1. The van der Waals surface area contributed by atoms with Gasteiger partial charge in [-0.3, -0.25) is 15.0 Å². The van der Waals surface area contributed by atoms with E-state index in [9.17, 15) is 5.26 Å². The van der Waals surface area contributed by atoms with Crippen LogP contribution in [0, 0.1) is 11.3 Å². The Hall–Kier alpha value is -10.5. The minimum Gasteiger partial charge on any atom is -0.307 e. The van der Waals surface area contributed by atoms with Gasteiger partial charge in [0.2, 0.25) is 0 Å². The molecule has 14 aromatic rings. The van der Waals surface area contributed by atoms with Crippen molar-refractivity contribution in [3.63, 3.8) is 0 Å². The molecule has 0 radical (unpaired) electrons. The number of fused-ring (bicyclic) bond motifs is 6. The minimum absolute atomic E-state index is 0.487. The number of benzene rings is 9. The first-order valence-electron chi connectivity index (χ1n) is 25.4. The van der Waals surface area contributed by atoms with Crippen LogP contribution in [-0.4, -0.2) is 24.1 Å². The quantitative estimate of drug-likeness (QED) is 0.144. The summed E-state index contributed by atoms with van der Waals surface area (Å²) in [5.41, 5.74) is 19.8. The Morgan fingerprint density at radius 1 is 0.276 bits per heavy atom. The molecule has 0 aliphatic rings. The van der Waals surface area contributed by atoms with Crippen molar-refractivity contribution in [2.45, 2.75) is 0 Å². The van der Waals surface area contributed by atoms with Crippen LogP contribution in [0.25, 0.3) is 133 Å². The standard InChI is InChI=1S/C70H44N6/c71-42-61-69(75-62-31-27-50(46-16-5-1-6-17-46)38-57(62)58-39-51(28-32-63(58)75)47-18-7-2-8-19-47)67(55-25-14-36-73-44-55)66(54-24-13-35-72-43-54)68(56-26-15-37-74-45-56)70(61)76-64-33-29-52(48-20-9-3-10-21-48)40-59(64)60-41-53(30-34-65(60)76)49-22-11-4-12-23-49/h1-41,43-45H. The van der Waals surface area contributed by atoms with Crippen molar-refractivity contribution in [1.29, 1.82) is 5.26 Å². The number of pyridine rings is 3. The van der Waals surface area contributed by atoms with Crippen molar-refractivity contribution in [2.24, 2.45) is 0 Å². The van der Waals surface area contributed by atoms with E-state index in [1.165, 1.54) is 0 Å². The number of hydrogen-bond acceptors (Lipinski definition) is 4. The average molecular weight is 969 g/mol. The van der Waals surface area contributed by atoms with E-state index in [0.717, 1.165) is 133 Å². The fraction of sp³-hybridized carbons (Fsp3) is 0. The van der Waals surface area contributed by atoms with Crippen LogP contribution in [0.3, 0.4) is 0 Å². The van der Waals surface area contributed by atoms with Crippen LogP contribution in [0.1, 0.15) is 5.56 Å². The zero-order valence-electron chi connectivity index (χ0n) is 41.1. The summed E-state index contributed by atoms with van der Waals surface area (Å²) in [5.74, 6) is 0. The summed E-state index contributed by atoms with van der Waals surface area (Å²) in [6, 6.07) is 84.3. The van der Waals surface area contributed by atoms with E-state index in [4.69, 9.17) is 15.0 Å². The fourth-order valence-electron chi connectivity index (χ4n) is 11.4. The predicted octanol–water partition coefficient (Wildman–Crippen LogP) is 17.6. The highest BCUT2D eigenvalue weighted by molar-refractivity contribution is 6.16. The number of hydrogen-bond donors (Lipinski definition) is 0. The molecule has 9 aromatic carbocycles. The van der Waals surface area contributed by atoms with E-state index in [1.54, 1.807) is 12.4 Å². The van der Waals surface area contributed by atoms with Crippen molar-refractivity contribution in [2.75, 3.05) is 0 Å². The van der Waals surface area contributed by atoms with Gasteiger partial charge in [0.15, 0.2) is 0 Å². The van der Waals surface area contributed by atoms with Crippen LogP contribution >= 0.6 is 0 Å². The second-order valence-electron chi connectivity index (χ2n) is 19.1. The Balaban J connectivity index is 1.20. The highest BCUT2D eigenvalue weighted by Crippen LogP contribution is 2.52.